The summed E-state index contributed by atoms with van der Waals surface area (Å²) in [6, 6.07) is 8.06. The molecule has 0 aliphatic rings. The Hall–Kier alpha value is -0.118. The maximum atomic E-state index is 10.1. The van der Waals surface area contributed by atoms with E-state index in [0.717, 1.165) is 0 Å². The predicted octanol–water partition coefficient (Wildman–Crippen LogP) is -3.90. The molecule has 1 rings (SSSR count). The molecule has 0 bridgehead atoms. The van der Waals surface area contributed by atoms with Crippen LogP contribution in [-0.4, -0.2) is 13.3 Å². The van der Waals surface area contributed by atoms with E-state index >= 15 is 0 Å². The fraction of sp³-hybridized carbons (Fsp3) is 0. The van der Waals surface area contributed by atoms with Crippen LogP contribution in [0.5, 0.6) is 0 Å². The SMILES string of the molecule is O=C([O-])c1ccccc1.[O-]B([O-])[O-].[Zn+2].[Zn+2]. The average Bonchev–Trinajstić information content (AvgIpc) is 2.05. The molecule has 0 saturated carbocycles. The molecule has 0 radical (unpaired) electrons. The Kier molecular flexibility index (Phi) is 16.2. The molecule has 70 valence electrons. The Balaban J connectivity index is -0.000000213. The first-order valence-electron chi connectivity index (χ1n) is 3.28. The van der Waals surface area contributed by atoms with Gasteiger partial charge in [0, 0.05) is 0 Å². The first-order chi connectivity index (χ1) is 6.04. The number of benzene rings is 1. The van der Waals surface area contributed by atoms with Gasteiger partial charge in [0.1, 0.15) is 0 Å². The van der Waals surface area contributed by atoms with Crippen molar-refractivity contribution in [1.29, 1.82) is 0 Å². The van der Waals surface area contributed by atoms with Gasteiger partial charge in [0.05, 0.1) is 5.97 Å². The van der Waals surface area contributed by atoms with Gasteiger partial charge in [0.25, 0.3) is 0 Å². The molecule has 0 unspecified atom stereocenters. The fourth-order valence-corrected chi connectivity index (χ4v) is 0.574. The Bertz CT molecular complexity index is 254. The van der Waals surface area contributed by atoms with Crippen molar-refractivity contribution >= 4 is 13.3 Å². The van der Waals surface area contributed by atoms with Crippen LogP contribution in [0.4, 0.5) is 0 Å². The largest absolute Gasteiger partial charge is 2.00 e. The third-order valence-electron chi connectivity index (χ3n) is 1.01. The van der Waals surface area contributed by atoms with Crippen molar-refractivity contribution in [3.8, 4) is 0 Å². The second kappa shape index (κ2) is 12.0. The van der Waals surface area contributed by atoms with E-state index < -0.39 is 13.3 Å². The van der Waals surface area contributed by atoms with E-state index in [-0.39, 0.29) is 44.5 Å². The normalized spacial score (nSPS) is 7.13. The minimum atomic E-state index is -2.92. The second-order valence-corrected chi connectivity index (χ2v) is 1.94. The van der Waals surface area contributed by atoms with E-state index in [0.29, 0.717) is 0 Å². The van der Waals surface area contributed by atoms with Crippen LogP contribution in [0.3, 0.4) is 0 Å². The molecule has 0 saturated heterocycles. The van der Waals surface area contributed by atoms with Crippen LogP contribution in [-0.2, 0) is 39.0 Å². The number of rotatable bonds is 1. The molecule has 1 aromatic carbocycles. The summed E-state index contributed by atoms with van der Waals surface area (Å²) in [7, 11) is -2.92. The quantitative estimate of drug-likeness (QED) is 0.492. The van der Waals surface area contributed by atoms with Gasteiger partial charge in [-0.3, -0.25) is 7.32 Å². The summed E-state index contributed by atoms with van der Waals surface area (Å²) in [6.07, 6.45) is 0. The maximum absolute atomic E-state index is 10.1. The molecule has 0 fully saturated rings. The topological polar surface area (TPSA) is 109 Å². The first-order valence-corrected chi connectivity index (χ1v) is 3.28. The van der Waals surface area contributed by atoms with Crippen molar-refractivity contribution in [2.24, 2.45) is 0 Å². The van der Waals surface area contributed by atoms with Crippen molar-refractivity contribution in [1.82, 2.24) is 0 Å². The van der Waals surface area contributed by atoms with E-state index in [1.54, 1.807) is 18.2 Å². The summed E-state index contributed by atoms with van der Waals surface area (Å²) in [5.41, 5.74) is 0.220. The third kappa shape index (κ3) is 13.9. The van der Waals surface area contributed by atoms with Gasteiger partial charge in [-0.05, 0) is 5.56 Å². The monoisotopic (exact) mass is 308 g/mol. The minimum Gasteiger partial charge on any atom is -0.907 e. The summed E-state index contributed by atoms with van der Waals surface area (Å²) in [5, 5.41) is 35.3. The Morgan fingerprint density at radius 2 is 1.33 bits per heavy atom. The Morgan fingerprint density at radius 3 is 1.53 bits per heavy atom. The number of carboxylic acids is 1. The molecule has 0 aliphatic heterocycles. The van der Waals surface area contributed by atoms with E-state index in [9.17, 15) is 9.90 Å². The predicted molar refractivity (Wildman–Crippen MR) is 36.5 cm³/mol. The van der Waals surface area contributed by atoms with Crippen LogP contribution >= 0.6 is 0 Å². The summed E-state index contributed by atoms with van der Waals surface area (Å²) >= 11 is 0. The zero-order valence-corrected chi connectivity index (χ0v) is 13.9. The molecule has 1 aromatic rings. The van der Waals surface area contributed by atoms with Crippen LogP contribution in [0.1, 0.15) is 10.4 Å². The van der Waals surface area contributed by atoms with Crippen molar-refractivity contribution < 1.29 is 63.9 Å². The smallest absolute Gasteiger partial charge is 0.907 e. The second-order valence-electron chi connectivity index (χ2n) is 1.94. The summed E-state index contributed by atoms with van der Waals surface area (Å²) in [4.78, 5) is 10.1. The van der Waals surface area contributed by atoms with Crippen molar-refractivity contribution in [2.75, 3.05) is 0 Å². The molecule has 0 atom stereocenters. The summed E-state index contributed by atoms with van der Waals surface area (Å²) in [5.74, 6) is -1.13. The van der Waals surface area contributed by atoms with Crippen molar-refractivity contribution in [3.05, 3.63) is 35.9 Å². The standard InChI is InChI=1S/C7H6O2.BO3.2Zn/c8-7(9)6-4-2-1-3-5-6;2-1(3)4;;/h1-5H,(H,8,9);;;/q;-3;2*+2/p-1. The van der Waals surface area contributed by atoms with Crippen LogP contribution in [0.25, 0.3) is 0 Å². The first kappa shape index (κ1) is 20.3. The molecule has 0 aliphatic carbocycles. The van der Waals surface area contributed by atoms with Crippen LogP contribution < -0.4 is 20.2 Å². The van der Waals surface area contributed by atoms with E-state index in [4.69, 9.17) is 15.1 Å². The zero-order chi connectivity index (χ0) is 10.3. The van der Waals surface area contributed by atoms with Crippen molar-refractivity contribution in [2.45, 2.75) is 0 Å². The molecule has 0 heterocycles. The molecule has 15 heavy (non-hydrogen) atoms. The Morgan fingerprint density at radius 1 is 1.00 bits per heavy atom. The number of carboxylic acid groups (broad SMARTS) is 1. The summed E-state index contributed by atoms with van der Waals surface area (Å²) in [6.45, 7) is 0. The van der Waals surface area contributed by atoms with Crippen LogP contribution in [0.2, 0.25) is 0 Å². The van der Waals surface area contributed by atoms with Gasteiger partial charge in [-0.1, -0.05) is 30.3 Å². The van der Waals surface area contributed by atoms with Gasteiger partial charge in [0.2, 0.25) is 0 Å². The third-order valence-corrected chi connectivity index (χ3v) is 1.01. The summed E-state index contributed by atoms with van der Waals surface area (Å²) < 4.78 is 0. The average molecular weight is 311 g/mol. The molecule has 0 amide bonds. The Labute approximate surface area is 113 Å². The maximum Gasteiger partial charge on any atom is 2.00 e. The molecule has 0 N–H and O–H groups in total. The van der Waals surface area contributed by atoms with Gasteiger partial charge >= 0.3 is 39.0 Å². The zero-order valence-electron chi connectivity index (χ0n) is 7.92. The van der Waals surface area contributed by atoms with Gasteiger partial charge in [-0.2, -0.15) is 0 Å². The number of carbonyl (C=O) groups excluding carboxylic acids is 1. The van der Waals surface area contributed by atoms with E-state index in [2.05, 4.69) is 0 Å². The molecule has 5 nitrogen and oxygen atoms in total. The van der Waals surface area contributed by atoms with Crippen molar-refractivity contribution in [3.63, 3.8) is 0 Å². The van der Waals surface area contributed by atoms with Gasteiger partial charge < -0.3 is 25.0 Å². The van der Waals surface area contributed by atoms with Gasteiger partial charge in [-0.15, -0.1) is 0 Å². The molecular weight excluding hydrogens is 306 g/mol. The number of carbonyl (C=O) groups is 1. The fourth-order valence-electron chi connectivity index (χ4n) is 0.574. The van der Waals surface area contributed by atoms with Crippen LogP contribution in [0.15, 0.2) is 30.3 Å². The number of hydrogen-bond acceptors (Lipinski definition) is 5. The minimum absolute atomic E-state index is 0. The van der Waals surface area contributed by atoms with E-state index in [1.165, 1.54) is 12.1 Å². The molecule has 8 heteroatoms. The van der Waals surface area contributed by atoms with Gasteiger partial charge in [0.15, 0.2) is 0 Å². The molecule has 0 spiro atoms. The molecule has 0 aromatic heterocycles. The molecular formula is C7H5BO5Zn2. The van der Waals surface area contributed by atoms with Gasteiger partial charge in [-0.25, -0.2) is 0 Å². The number of aromatic carboxylic acids is 1. The van der Waals surface area contributed by atoms with Crippen LogP contribution in [0, 0.1) is 0 Å². The number of hydrogen-bond donors (Lipinski definition) is 0. The van der Waals surface area contributed by atoms with E-state index in [1.807, 2.05) is 0 Å².